The van der Waals surface area contributed by atoms with Crippen molar-refractivity contribution in [3.05, 3.63) is 64.7 Å². The van der Waals surface area contributed by atoms with Gasteiger partial charge in [-0.3, -0.25) is 0 Å². The van der Waals surface area contributed by atoms with Gasteiger partial charge in [-0.25, -0.2) is 0 Å². The maximum absolute atomic E-state index is 6.78. The van der Waals surface area contributed by atoms with Crippen LogP contribution in [0.3, 0.4) is 0 Å². The van der Waals surface area contributed by atoms with Gasteiger partial charge in [0.25, 0.3) is 0 Å². The first-order chi connectivity index (χ1) is 10.7. The van der Waals surface area contributed by atoms with Gasteiger partial charge in [0.1, 0.15) is 0 Å². The molecule has 2 heteroatoms. The molecular formula is C20H22ClN. The molecule has 1 aliphatic carbocycles. The number of hydrogen-bond donors (Lipinski definition) is 0. The Bertz CT molecular complexity index is 694. The first kappa shape index (κ1) is 14.1. The molecular weight excluding hydrogens is 290 g/mol. The summed E-state index contributed by atoms with van der Waals surface area (Å²) in [7, 11) is 0. The monoisotopic (exact) mass is 311 g/mol. The molecule has 1 heterocycles. The lowest BCUT2D eigenvalue weighted by atomic mass is 10.0. The Morgan fingerprint density at radius 1 is 1.09 bits per heavy atom. The molecule has 0 fully saturated rings. The highest BCUT2D eigenvalue weighted by molar-refractivity contribution is 6.21. The first-order valence-corrected chi connectivity index (χ1v) is 8.76. The van der Waals surface area contributed by atoms with Crippen LogP contribution in [0.2, 0.25) is 0 Å². The van der Waals surface area contributed by atoms with Crippen LogP contribution in [0.5, 0.6) is 0 Å². The van der Waals surface area contributed by atoms with Gasteiger partial charge in [-0.15, -0.1) is 11.6 Å². The van der Waals surface area contributed by atoms with Crippen LogP contribution in [-0.2, 0) is 19.3 Å². The van der Waals surface area contributed by atoms with Gasteiger partial charge in [-0.2, -0.15) is 0 Å². The number of nitrogens with zero attached hydrogens (tertiary/aromatic N) is 1. The van der Waals surface area contributed by atoms with E-state index in [9.17, 15) is 0 Å². The molecule has 0 aromatic heterocycles. The van der Waals surface area contributed by atoms with Crippen molar-refractivity contribution in [3.63, 3.8) is 0 Å². The van der Waals surface area contributed by atoms with E-state index in [1.54, 1.807) is 0 Å². The zero-order valence-corrected chi connectivity index (χ0v) is 13.8. The molecule has 2 aromatic carbocycles. The average molecular weight is 312 g/mol. The van der Waals surface area contributed by atoms with E-state index in [-0.39, 0.29) is 5.38 Å². The highest BCUT2D eigenvalue weighted by Gasteiger charge is 2.27. The fourth-order valence-corrected chi connectivity index (χ4v) is 4.26. The Morgan fingerprint density at radius 2 is 1.91 bits per heavy atom. The fraction of sp³-hybridized carbons (Fsp3) is 0.400. The quantitative estimate of drug-likeness (QED) is 0.728. The molecule has 0 spiro atoms. The van der Waals surface area contributed by atoms with E-state index in [1.165, 1.54) is 47.2 Å². The topological polar surface area (TPSA) is 3.24 Å². The third-order valence-corrected chi connectivity index (χ3v) is 5.58. The van der Waals surface area contributed by atoms with Crippen molar-refractivity contribution in [2.24, 2.45) is 0 Å². The second-order valence-corrected chi connectivity index (χ2v) is 7.21. The summed E-state index contributed by atoms with van der Waals surface area (Å²) < 4.78 is 0. The number of rotatable bonds is 3. The molecule has 1 aliphatic heterocycles. The van der Waals surface area contributed by atoms with E-state index >= 15 is 0 Å². The smallest absolute Gasteiger partial charge is 0.0760 e. The number of para-hydroxylation sites is 1. The summed E-state index contributed by atoms with van der Waals surface area (Å²) in [6, 6.07) is 16.1. The average Bonchev–Trinajstić information content (AvgIpc) is 3.11. The van der Waals surface area contributed by atoms with E-state index < -0.39 is 0 Å². The van der Waals surface area contributed by atoms with Gasteiger partial charge in [0.15, 0.2) is 0 Å². The summed E-state index contributed by atoms with van der Waals surface area (Å²) in [6.45, 7) is 3.19. The Labute approximate surface area is 137 Å². The molecule has 0 saturated heterocycles. The lowest BCUT2D eigenvalue weighted by Gasteiger charge is -2.27. The number of benzene rings is 2. The van der Waals surface area contributed by atoms with E-state index in [0.29, 0.717) is 6.04 Å². The van der Waals surface area contributed by atoms with Gasteiger partial charge < -0.3 is 4.90 Å². The summed E-state index contributed by atoms with van der Waals surface area (Å²) in [5.41, 5.74) is 7.12. The standard InChI is InChI=1S/C20H22ClN/c1-14-11-18-5-2-3-8-20(18)22(14)13-19(21)17-10-9-15-6-4-7-16(15)12-17/h2-3,5,8-10,12,14,19H,4,6-7,11,13H2,1H3. The molecule has 22 heavy (non-hydrogen) atoms. The molecule has 2 unspecified atom stereocenters. The van der Waals surface area contributed by atoms with Crippen LogP contribution in [0.1, 0.15) is 41.0 Å². The molecule has 0 amide bonds. The molecule has 114 valence electrons. The number of halogens is 1. The highest BCUT2D eigenvalue weighted by Crippen LogP contribution is 2.35. The van der Waals surface area contributed by atoms with Crippen LogP contribution < -0.4 is 4.90 Å². The zero-order valence-electron chi connectivity index (χ0n) is 13.1. The zero-order chi connectivity index (χ0) is 15.1. The van der Waals surface area contributed by atoms with Gasteiger partial charge >= 0.3 is 0 Å². The van der Waals surface area contributed by atoms with Gasteiger partial charge in [-0.1, -0.05) is 36.4 Å². The third-order valence-electron chi connectivity index (χ3n) is 5.19. The van der Waals surface area contributed by atoms with Gasteiger partial charge in [0.2, 0.25) is 0 Å². The predicted octanol–water partition coefficient (Wildman–Crippen LogP) is 4.91. The van der Waals surface area contributed by atoms with Crippen LogP contribution in [0, 0.1) is 0 Å². The number of anilines is 1. The molecule has 2 atom stereocenters. The van der Waals surface area contributed by atoms with E-state index in [0.717, 1.165) is 13.0 Å². The highest BCUT2D eigenvalue weighted by atomic mass is 35.5. The number of aryl methyl sites for hydroxylation is 2. The van der Waals surface area contributed by atoms with Crippen LogP contribution >= 0.6 is 11.6 Å². The molecule has 0 N–H and O–H groups in total. The Balaban J connectivity index is 1.56. The lowest BCUT2D eigenvalue weighted by molar-refractivity contribution is 0.662. The number of fused-ring (bicyclic) bond motifs is 2. The van der Waals surface area contributed by atoms with Crippen molar-refractivity contribution in [2.75, 3.05) is 11.4 Å². The molecule has 0 radical (unpaired) electrons. The van der Waals surface area contributed by atoms with Crippen molar-refractivity contribution in [3.8, 4) is 0 Å². The Hall–Kier alpha value is -1.47. The summed E-state index contributed by atoms with van der Waals surface area (Å²) in [4.78, 5) is 2.47. The molecule has 0 bridgehead atoms. The second kappa shape index (κ2) is 5.62. The van der Waals surface area contributed by atoms with Crippen LogP contribution in [0.4, 0.5) is 5.69 Å². The Kier molecular flexibility index (Phi) is 3.62. The van der Waals surface area contributed by atoms with Gasteiger partial charge in [-0.05, 0) is 60.9 Å². The molecule has 2 aromatic rings. The van der Waals surface area contributed by atoms with Crippen LogP contribution in [0.15, 0.2) is 42.5 Å². The summed E-state index contributed by atoms with van der Waals surface area (Å²) in [5, 5.41) is 0.0551. The van der Waals surface area contributed by atoms with Crippen LogP contribution in [0.25, 0.3) is 0 Å². The Morgan fingerprint density at radius 3 is 2.82 bits per heavy atom. The minimum absolute atomic E-state index is 0.0551. The molecule has 0 saturated carbocycles. The fourth-order valence-electron chi connectivity index (χ4n) is 3.97. The molecule has 1 nitrogen and oxygen atoms in total. The van der Waals surface area contributed by atoms with Gasteiger partial charge in [0.05, 0.1) is 5.38 Å². The summed E-state index contributed by atoms with van der Waals surface area (Å²) in [5.74, 6) is 0. The normalized spacial score (nSPS) is 20.8. The SMILES string of the molecule is CC1Cc2ccccc2N1CC(Cl)c1ccc2c(c1)CCC2. The van der Waals surface area contributed by atoms with E-state index in [2.05, 4.69) is 54.3 Å². The van der Waals surface area contributed by atoms with Crippen molar-refractivity contribution in [2.45, 2.75) is 44.0 Å². The third kappa shape index (κ3) is 2.42. The van der Waals surface area contributed by atoms with Crippen molar-refractivity contribution < 1.29 is 0 Å². The number of alkyl halides is 1. The molecule has 4 rings (SSSR count). The minimum Gasteiger partial charge on any atom is -0.366 e. The van der Waals surface area contributed by atoms with E-state index in [4.69, 9.17) is 11.6 Å². The van der Waals surface area contributed by atoms with Gasteiger partial charge in [0, 0.05) is 18.3 Å². The number of hydrogen-bond acceptors (Lipinski definition) is 1. The second-order valence-electron chi connectivity index (χ2n) is 6.68. The van der Waals surface area contributed by atoms with Crippen molar-refractivity contribution >= 4 is 17.3 Å². The van der Waals surface area contributed by atoms with E-state index in [1.807, 2.05) is 0 Å². The van der Waals surface area contributed by atoms with Crippen LogP contribution in [-0.4, -0.2) is 12.6 Å². The maximum Gasteiger partial charge on any atom is 0.0760 e. The summed E-state index contributed by atoms with van der Waals surface area (Å²) in [6.07, 6.45) is 4.88. The van der Waals surface area contributed by atoms with Crippen molar-refractivity contribution in [1.82, 2.24) is 0 Å². The summed E-state index contributed by atoms with van der Waals surface area (Å²) >= 11 is 6.78. The predicted molar refractivity (Wildman–Crippen MR) is 94.0 cm³/mol. The minimum atomic E-state index is 0.0551. The first-order valence-electron chi connectivity index (χ1n) is 8.32. The molecule has 2 aliphatic rings. The van der Waals surface area contributed by atoms with Crippen molar-refractivity contribution in [1.29, 1.82) is 0 Å². The lowest BCUT2D eigenvalue weighted by Crippen LogP contribution is -2.32. The maximum atomic E-state index is 6.78. The largest absolute Gasteiger partial charge is 0.366 e.